The van der Waals surface area contributed by atoms with Gasteiger partial charge in [-0.05, 0) is 29.0 Å². The molecule has 1 heteroatoms. The highest BCUT2D eigenvalue weighted by atomic mass is 32.2. The van der Waals surface area contributed by atoms with Gasteiger partial charge in [-0.15, -0.1) is 11.8 Å². The van der Waals surface area contributed by atoms with E-state index in [-0.39, 0.29) is 0 Å². The Morgan fingerprint density at radius 3 is 2.33 bits per heavy atom. The van der Waals surface area contributed by atoms with E-state index < -0.39 is 0 Å². The maximum Gasteiger partial charge on any atom is 0.0158 e. The summed E-state index contributed by atoms with van der Waals surface area (Å²) in [5.74, 6) is 1.23. The smallest absolute Gasteiger partial charge is 0.0158 e. The number of rotatable bonds is 10. The third-order valence-electron chi connectivity index (χ3n) is 3.89. The number of hydrogen-bond acceptors (Lipinski definition) is 1. The SMILES string of the molecule is CCCCCCCCCCSc1[c]c2ccccc2cc1. The van der Waals surface area contributed by atoms with Crippen molar-refractivity contribution in [3.8, 4) is 0 Å². The molecule has 0 aliphatic carbocycles. The van der Waals surface area contributed by atoms with Crippen molar-refractivity contribution in [3.05, 3.63) is 42.5 Å². The van der Waals surface area contributed by atoms with E-state index in [0.717, 1.165) is 0 Å². The summed E-state index contributed by atoms with van der Waals surface area (Å²) < 4.78 is 0. The van der Waals surface area contributed by atoms with E-state index in [2.05, 4.69) is 49.4 Å². The van der Waals surface area contributed by atoms with Gasteiger partial charge in [-0.1, -0.05) is 82.2 Å². The molecule has 2 aromatic carbocycles. The number of benzene rings is 2. The second-order valence-electron chi connectivity index (χ2n) is 5.73. The van der Waals surface area contributed by atoms with Crippen molar-refractivity contribution < 1.29 is 0 Å². The van der Waals surface area contributed by atoms with Crippen LogP contribution in [-0.4, -0.2) is 5.75 Å². The van der Waals surface area contributed by atoms with E-state index in [9.17, 15) is 0 Å². The summed E-state index contributed by atoms with van der Waals surface area (Å²) in [5.41, 5.74) is 0. The lowest BCUT2D eigenvalue weighted by molar-refractivity contribution is 0.586. The Bertz CT molecular complexity index is 518. The molecule has 0 aliphatic heterocycles. The monoisotopic (exact) mass is 299 g/mol. The van der Waals surface area contributed by atoms with Crippen molar-refractivity contribution >= 4 is 22.5 Å². The van der Waals surface area contributed by atoms with Gasteiger partial charge in [0.05, 0.1) is 0 Å². The number of unbranched alkanes of at least 4 members (excludes halogenated alkanes) is 7. The summed E-state index contributed by atoms with van der Waals surface area (Å²) >= 11 is 1.95. The second-order valence-corrected chi connectivity index (χ2v) is 6.87. The summed E-state index contributed by atoms with van der Waals surface area (Å²) in [6, 6.07) is 16.4. The minimum absolute atomic E-state index is 1.23. The molecule has 0 heterocycles. The van der Waals surface area contributed by atoms with Crippen molar-refractivity contribution in [2.24, 2.45) is 0 Å². The van der Waals surface area contributed by atoms with Gasteiger partial charge >= 0.3 is 0 Å². The molecule has 113 valence electrons. The zero-order valence-corrected chi connectivity index (χ0v) is 14.1. The van der Waals surface area contributed by atoms with Crippen molar-refractivity contribution in [3.63, 3.8) is 0 Å². The van der Waals surface area contributed by atoms with Crippen LogP contribution in [0.5, 0.6) is 0 Å². The van der Waals surface area contributed by atoms with Crippen LogP contribution in [0.1, 0.15) is 58.3 Å². The van der Waals surface area contributed by atoms with E-state index >= 15 is 0 Å². The highest BCUT2D eigenvalue weighted by Crippen LogP contribution is 2.24. The molecule has 0 spiro atoms. The Morgan fingerprint density at radius 1 is 0.810 bits per heavy atom. The van der Waals surface area contributed by atoms with Gasteiger partial charge in [0.15, 0.2) is 0 Å². The van der Waals surface area contributed by atoms with Crippen molar-refractivity contribution in [2.75, 3.05) is 5.75 Å². The first kappa shape index (κ1) is 16.4. The molecule has 2 rings (SSSR count). The molecule has 0 aliphatic rings. The summed E-state index contributed by atoms with van der Waals surface area (Å²) in [7, 11) is 0. The molecule has 0 atom stereocenters. The van der Waals surface area contributed by atoms with Gasteiger partial charge in [0.25, 0.3) is 0 Å². The maximum absolute atomic E-state index is 3.52. The third kappa shape index (κ3) is 6.13. The molecule has 0 bridgehead atoms. The van der Waals surface area contributed by atoms with E-state index in [4.69, 9.17) is 0 Å². The van der Waals surface area contributed by atoms with E-state index in [1.165, 1.54) is 72.8 Å². The molecule has 0 unspecified atom stereocenters. The Kier molecular flexibility index (Phi) is 7.73. The van der Waals surface area contributed by atoms with Crippen molar-refractivity contribution in [1.82, 2.24) is 0 Å². The lowest BCUT2D eigenvalue weighted by Gasteiger charge is -2.04. The topological polar surface area (TPSA) is 0 Å². The standard InChI is InChI=1S/C20H27S/c1-2-3-4-5-6-7-8-11-16-21-20-15-14-18-12-9-10-13-19(18)17-20/h9-10,12-15H,2-8,11,16H2,1H3. The van der Waals surface area contributed by atoms with Gasteiger partial charge in [-0.3, -0.25) is 0 Å². The van der Waals surface area contributed by atoms with Gasteiger partial charge in [-0.2, -0.15) is 0 Å². The molecule has 2 aromatic rings. The molecule has 0 nitrogen and oxygen atoms in total. The largest absolute Gasteiger partial charge is 0.125 e. The van der Waals surface area contributed by atoms with Crippen LogP contribution in [0.15, 0.2) is 41.3 Å². The van der Waals surface area contributed by atoms with Crippen LogP contribution < -0.4 is 0 Å². The fourth-order valence-electron chi connectivity index (χ4n) is 2.60. The van der Waals surface area contributed by atoms with Crippen LogP contribution in [0.3, 0.4) is 0 Å². The maximum atomic E-state index is 3.52. The number of fused-ring (bicyclic) bond motifs is 1. The minimum atomic E-state index is 1.23. The Morgan fingerprint density at radius 2 is 1.52 bits per heavy atom. The number of thioether (sulfide) groups is 1. The second kappa shape index (κ2) is 9.89. The molecule has 0 saturated heterocycles. The molecular formula is C20H27S. The fourth-order valence-corrected chi connectivity index (χ4v) is 3.51. The first-order chi connectivity index (χ1) is 10.4. The third-order valence-corrected chi connectivity index (χ3v) is 4.93. The van der Waals surface area contributed by atoms with E-state index in [0.29, 0.717) is 0 Å². The predicted molar refractivity (Wildman–Crippen MR) is 96.1 cm³/mol. The molecule has 0 N–H and O–H groups in total. The van der Waals surface area contributed by atoms with Gasteiger partial charge in [0.1, 0.15) is 0 Å². The zero-order chi connectivity index (χ0) is 14.8. The number of hydrogen-bond donors (Lipinski definition) is 0. The Balaban J connectivity index is 1.59. The summed E-state index contributed by atoms with van der Waals surface area (Å²) in [5, 5.41) is 2.52. The normalized spacial score (nSPS) is 11.1. The van der Waals surface area contributed by atoms with Crippen LogP contribution >= 0.6 is 11.8 Å². The molecule has 0 fully saturated rings. The molecule has 0 saturated carbocycles. The van der Waals surface area contributed by atoms with Gasteiger partial charge in [0, 0.05) is 11.0 Å². The molecule has 0 aromatic heterocycles. The van der Waals surface area contributed by atoms with Gasteiger partial charge < -0.3 is 0 Å². The van der Waals surface area contributed by atoms with Crippen LogP contribution in [0, 0.1) is 6.07 Å². The van der Waals surface area contributed by atoms with Crippen LogP contribution in [-0.2, 0) is 0 Å². The Labute approximate surface area is 134 Å². The summed E-state index contributed by atoms with van der Waals surface area (Å²) in [6.07, 6.45) is 11.2. The summed E-state index contributed by atoms with van der Waals surface area (Å²) in [4.78, 5) is 1.29. The minimum Gasteiger partial charge on any atom is -0.125 e. The van der Waals surface area contributed by atoms with Crippen LogP contribution in [0.25, 0.3) is 10.8 Å². The lowest BCUT2D eigenvalue weighted by atomic mass is 10.1. The first-order valence-corrected chi connectivity index (χ1v) is 9.42. The van der Waals surface area contributed by atoms with E-state index in [1.807, 2.05) is 11.8 Å². The Hall–Kier alpha value is -0.950. The van der Waals surface area contributed by atoms with Crippen molar-refractivity contribution in [1.29, 1.82) is 0 Å². The van der Waals surface area contributed by atoms with Gasteiger partial charge in [0.2, 0.25) is 0 Å². The predicted octanol–water partition coefficient (Wildman–Crippen LogP) is 6.87. The van der Waals surface area contributed by atoms with Crippen LogP contribution in [0.2, 0.25) is 0 Å². The van der Waals surface area contributed by atoms with E-state index in [1.54, 1.807) is 0 Å². The highest BCUT2D eigenvalue weighted by Gasteiger charge is 1.98. The molecule has 1 radical (unpaired) electrons. The molecule has 21 heavy (non-hydrogen) atoms. The molecular weight excluding hydrogens is 272 g/mol. The average Bonchev–Trinajstić information content (AvgIpc) is 2.53. The average molecular weight is 300 g/mol. The fraction of sp³-hybridized carbons (Fsp3) is 0.500. The quantitative estimate of drug-likeness (QED) is 0.340. The van der Waals surface area contributed by atoms with Crippen LogP contribution in [0.4, 0.5) is 0 Å². The highest BCUT2D eigenvalue weighted by molar-refractivity contribution is 7.99. The lowest BCUT2D eigenvalue weighted by Crippen LogP contribution is -1.84. The van der Waals surface area contributed by atoms with Gasteiger partial charge in [-0.25, -0.2) is 0 Å². The first-order valence-electron chi connectivity index (χ1n) is 8.44. The van der Waals surface area contributed by atoms with Crippen molar-refractivity contribution in [2.45, 2.75) is 63.2 Å². The molecule has 0 amide bonds. The zero-order valence-electron chi connectivity index (χ0n) is 13.2. The summed E-state index contributed by atoms with van der Waals surface area (Å²) in [6.45, 7) is 2.28.